The number of piperidine rings is 1. The number of rotatable bonds is 6. The van der Waals surface area contributed by atoms with E-state index in [2.05, 4.69) is 25.5 Å². The predicted octanol–water partition coefficient (Wildman–Crippen LogP) is 2.18. The first-order chi connectivity index (χ1) is 15.5. The Hall–Kier alpha value is -2.92. The van der Waals surface area contributed by atoms with Crippen LogP contribution in [0.3, 0.4) is 0 Å². The highest BCUT2D eigenvalue weighted by Gasteiger charge is 2.26. The maximum Gasteiger partial charge on any atom is 0.273 e. The van der Waals surface area contributed by atoms with Crippen molar-refractivity contribution in [2.24, 2.45) is 5.92 Å². The average Bonchev–Trinajstić information content (AvgIpc) is 3.26. The summed E-state index contributed by atoms with van der Waals surface area (Å²) in [5, 5.41) is 6.24. The first-order valence-electron chi connectivity index (χ1n) is 10.2. The molecule has 1 fully saturated rings. The highest BCUT2D eigenvalue weighted by Crippen LogP contribution is 2.29. The number of anilines is 2. The number of hydrogen-bond acceptors (Lipinski definition) is 8. The van der Waals surface area contributed by atoms with Gasteiger partial charge in [0.15, 0.2) is 10.8 Å². The summed E-state index contributed by atoms with van der Waals surface area (Å²) in [6.45, 7) is 1.27. The topological polar surface area (TPSA) is 109 Å². The molecule has 9 nitrogen and oxygen atoms in total. The average molecular weight is 473 g/mol. The minimum Gasteiger partial charge on any atom is -0.359 e. The van der Waals surface area contributed by atoms with Crippen molar-refractivity contribution >= 4 is 56.1 Å². The maximum atomic E-state index is 12.9. The third-order valence-corrected chi connectivity index (χ3v) is 7.24. The predicted molar refractivity (Wildman–Crippen MR) is 128 cm³/mol. The lowest BCUT2D eigenvalue weighted by atomic mass is 9.96. The Morgan fingerprint density at radius 2 is 2.06 bits per heavy atom. The molecule has 3 heterocycles. The number of amides is 2. The summed E-state index contributed by atoms with van der Waals surface area (Å²) in [6, 6.07) is 7.53. The van der Waals surface area contributed by atoms with Gasteiger partial charge < -0.3 is 15.5 Å². The summed E-state index contributed by atoms with van der Waals surface area (Å²) >= 11 is 2.87. The molecule has 2 amide bonds. The van der Waals surface area contributed by atoms with E-state index in [0.717, 1.165) is 22.9 Å². The fraction of sp³-hybridized carbons (Fsp3) is 0.381. The van der Waals surface area contributed by atoms with Crippen LogP contribution in [-0.2, 0) is 16.1 Å². The maximum absolute atomic E-state index is 12.9. The van der Waals surface area contributed by atoms with Crippen LogP contribution in [-0.4, -0.2) is 52.7 Å². The second-order valence-electron chi connectivity index (χ2n) is 7.48. The second-order valence-corrected chi connectivity index (χ2v) is 9.34. The van der Waals surface area contributed by atoms with Crippen LogP contribution in [0.2, 0.25) is 0 Å². The summed E-state index contributed by atoms with van der Waals surface area (Å²) in [5.41, 5.74) is 0.781. The van der Waals surface area contributed by atoms with Gasteiger partial charge >= 0.3 is 0 Å². The molecule has 0 spiro atoms. The number of benzene rings is 1. The summed E-state index contributed by atoms with van der Waals surface area (Å²) in [4.78, 5) is 49.2. The molecule has 168 valence electrons. The zero-order valence-corrected chi connectivity index (χ0v) is 19.5. The summed E-state index contributed by atoms with van der Waals surface area (Å²) in [7, 11) is 1.65. The van der Waals surface area contributed by atoms with E-state index in [1.165, 1.54) is 22.2 Å². The van der Waals surface area contributed by atoms with Crippen LogP contribution >= 0.6 is 23.1 Å². The van der Waals surface area contributed by atoms with Gasteiger partial charge in [0.25, 0.3) is 5.56 Å². The Kier molecular flexibility index (Phi) is 6.75. The number of thioether (sulfide) groups is 1. The molecule has 0 bridgehead atoms. The molecule has 0 saturated carbocycles. The zero-order valence-electron chi connectivity index (χ0n) is 17.8. The van der Waals surface area contributed by atoms with E-state index in [1.54, 1.807) is 18.8 Å². The monoisotopic (exact) mass is 472 g/mol. The number of carbonyl (C=O) groups is 2. The van der Waals surface area contributed by atoms with Gasteiger partial charge in [-0.05, 0) is 37.3 Å². The van der Waals surface area contributed by atoms with E-state index in [-0.39, 0.29) is 29.8 Å². The lowest BCUT2D eigenvalue weighted by Crippen LogP contribution is -2.39. The second kappa shape index (κ2) is 9.70. The van der Waals surface area contributed by atoms with Crippen molar-refractivity contribution in [3.05, 3.63) is 40.9 Å². The van der Waals surface area contributed by atoms with Gasteiger partial charge in [-0.2, -0.15) is 4.98 Å². The van der Waals surface area contributed by atoms with Crippen LogP contribution < -0.4 is 21.1 Å². The number of carbonyl (C=O) groups excluding carboxylic acids is 2. The summed E-state index contributed by atoms with van der Waals surface area (Å²) < 4.78 is 1.73. The number of fused-ring (bicyclic) bond motifs is 1. The van der Waals surface area contributed by atoms with Gasteiger partial charge in [0.05, 0.1) is 0 Å². The van der Waals surface area contributed by atoms with Crippen molar-refractivity contribution in [2.75, 3.05) is 36.6 Å². The van der Waals surface area contributed by atoms with Crippen molar-refractivity contribution in [2.45, 2.75) is 24.3 Å². The Morgan fingerprint density at radius 3 is 2.78 bits per heavy atom. The SMILES string of the molecule is CNC(=O)C1CCN(c2nc3ncn(CC(=O)Nc4cccc(SC)c4)c(=O)c3s2)CC1. The quantitative estimate of drug-likeness (QED) is 0.529. The number of hydrogen-bond donors (Lipinski definition) is 2. The molecule has 1 aromatic carbocycles. The molecule has 32 heavy (non-hydrogen) atoms. The lowest BCUT2D eigenvalue weighted by Gasteiger charge is -2.30. The number of aromatic nitrogens is 3. The van der Waals surface area contributed by atoms with Gasteiger partial charge in [0, 0.05) is 36.6 Å². The molecule has 11 heteroatoms. The summed E-state index contributed by atoms with van der Waals surface area (Å²) in [6.07, 6.45) is 4.81. The van der Waals surface area contributed by atoms with Gasteiger partial charge in [-0.3, -0.25) is 19.0 Å². The Balaban J connectivity index is 1.46. The van der Waals surface area contributed by atoms with E-state index in [4.69, 9.17) is 0 Å². The van der Waals surface area contributed by atoms with E-state index >= 15 is 0 Å². The summed E-state index contributed by atoms with van der Waals surface area (Å²) in [5.74, 6) is -0.222. The van der Waals surface area contributed by atoms with Gasteiger partial charge in [-0.15, -0.1) is 11.8 Å². The zero-order chi connectivity index (χ0) is 22.7. The van der Waals surface area contributed by atoms with Gasteiger partial charge in [0.1, 0.15) is 17.6 Å². The fourth-order valence-corrected chi connectivity index (χ4v) is 5.16. The molecule has 0 aliphatic carbocycles. The van der Waals surface area contributed by atoms with Crippen molar-refractivity contribution in [1.82, 2.24) is 19.9 Å². The minimum atomic E-state index is -0.299. The molecule has 0 unspecified atom stereocenters. The van der Waals surface area contributed by atoms with Crippen LogP contribution in [0.4, 0.5) is 10.8 Å². The third kappa shape index (κ3) is 4.78. The van der Waals surface area contributed by atoms with E-state index < -0.39 is 0 Å². The highest BCUT2D eigenvalue weighted by atomic mass is 32.2. The smallest absolute Gasteiger partial charge is 0.273 e. The fourth-order valence-electron chi connectivity index (χ4n) is 3.68. The van der Waals surface area contributed by atoms with Gasteiger partial charge in [-0.1, -0.05) is 17.4 Å². The first kappa shape index (κ1) is 22.3. The van der Waals surface area contributed by atoms with E-state index in [9.17, 15) is 14.4 Å². The Morgan fingerprint density at radius 1 is 1.28 bits per heavy atom. The highest BCUT2D eigenvalue weighted by molar-refractivity contribution is 7.98. The molecule has 2 aromatic heterocycles. The number of nitrogens with zero attached hydrogens (tertiary/aromatic N) is 4. The minimum absolute atomic E-state index is 0.0103. The number of nitrogens with one attached hydrogen (secondary N) is 2. The van der Waals surface area contributed by atoms with Crippen molar-refractivity contribution in [1.29, 1.82) is 0 Å². The van der Waals surface area contributed by atoms with Gasteiger partial charge in [-0.25, -0.2) is 4.98 Å². The third-order valence-electron chi connectivity index (χ3n) is 5.42. The molecular formula is C21H24N6O3S2. The molecule has 2 N–H and O–H groups in total. The standard InChI is InChI=1S/C21H24N6O3S2/c1-22-19(29)13-6-8-26(9-7-13)21-25-18-17(32-21)20(30)27(12-23-18)11-16(28)24-14-4-3-5-15(10-14)31-2/h3-5,10,12-13H,6-9,11H2,1-2H3,(H,22,29)(H,24,28). The number of thiazole rings is 1. The molecule has 4 rings (SSSR count). The van der Waals surface area contributed by atoms with Crippen LogP contribution in [0.15, 0.2) is 40.3 Å². The van der Waals surface area contributed by atoms with Crippen molar-refractivity contribution in [3.8, 4) is 0 Å². The Bertz CT molecular complexity index is 1200. The molecule has 1 saturated heterocycles. The van der Waals surface area contributed by atoms with Crippen LogP contribution in [0.5, 0.6) is 0 Å². The molecule has 1 aliphatic heterocycles. The molecule has 3 aromatic rings. The van der Waals surface area contributed by atoms with Gasteiger partial charge in [0.2, 0.25) is 11.8 Å². The molecular weight excluding hydrogens is 448 g/mol. The lowest BCUT2D eigenvalue weighted by molar-refractivity contribution is -0.125. The molecule has 0 atom stereocenters. The van der Waals surface area contributed by atoms with Crippen LogP contribution in [0.25, 0.3) is 10.3 Å². The van der Waals surface area contributed by atoms with Crippen molar-refractivity contribution < 1.29 is 9.59 Å². The molecule has 1 aliphatic rings. The van der Waals surface area contributed by atoms with Crippen LogP contribution in [0, 0.1) is 5.92 Å². The first-order valence-corrected chi connectivity index (χ1v) is 12.3. The molecule has 0 radical (unpaired) electrons. The van der Waals surface area contributed by atoms with E-state index in [0.29, 0.717) is 29.1 Å². The normalized spacial score (nSPS) is 14.5. The van der Waals surface area contributed by atoms with Crippen LogP contribution in [0.1, 0.15) is 12.8 Å². The Labute approximate surface area is 193 Å². The van der Waals surface area contributed by atoms with Crippen molar-refractivity contribution in [3.63, 3.8) is 0 Å². The van der Waals surface area contributed by atoms with E-state index in [1.807, 2.05) is 30.5 Å². The largest absolute Gasteiger partial charge is 0.359 e.